The molecule has 0 bridgehead atoms. The van der Waals surface area contributed by atoms with Crippen LogP contribution in [0.3, 0.4) is 0 Å². The molecule has 2 rings (SSSR count). The topological polar surface area (TPSA) is 0 Å². The molecule has 1 fully saturated rings. The second-order valence-corrected chi connectivity index (χ2v) is 4.68. The van der Waals surface area contributed by atoms with Gasteiger partial charge in [0.05, 0.1) is 20.1 Å². The average molecular weight is 188 g/mol. The zero-order valence-electron chi connectivity index (χ0n) is 8.87. The zero-order valence-corrected chi connectivity index (χ0v) is 8.87. The second-order valence-electron chi connectivity index (χ2n) is 4.68. The summed E-state index contributed by atoms with van der Waals surface area (Å²) in [5, 5.41) is 0. The van der Waals surface area contributed by atoms with E-state index in [0.29, 0.717) is 0 Å². The third kappa shape index (κ3) is 2.16. The van der Waals surface area contributed by atoms with Crippen LogP contribution in [-0.2, 0) is 6.54 Å². The predicted octanol–water partition coefficient (Wildman–Crippen LogP) is 2.49. The summed E-state index contributed by atoms with van der Waals surface area (Å²) in [6, 6.07) is 8.28. The molecule has 1 aromatic rings. The van der Waals surface area contributed by atoms with Gasteiger partial charge in [-0.05, 0) is 18.6 Å². The number of hydrogen-bond donors (Lipinski definition) is 0. The molecule has 0 atom stereocenters. The maximum Gasteiger partial charge on any atom is 0.104 e. The van der Waals surface area contributed by atoms with E-state index in [-0.39, 0.29) is 0 Å². The van der Waals surface area contributed by atoms with Gasteiger partial charge in [-0.15, -0.1) is 0 Å². The summed E-state index contributed by atoms with van der Waals surface area (Å²) in [6.45, 7) is 9.53. The van der Waals surface area contributed by atoms with Crippen molar-refractivity contribution in [1.82, 2.24) is 0 Å². The number of hydrogen-bond acceptors (Lipinski definition) is 0. The van der Waals surface area contributed by atoms with Gasteiger partial charge in [0.2, 0.25) is 0 Å². The summed E-state index contributed by atoms with van der Waals surface area (Å²) in [5.41, 5.74) is 2.25. The van der Waals surface area contributed by atoms with Crippen LogP contribution in [0.1, 0.15) is 24.0 Å². The average Bonchev–Trinajstić information content (AvgIpc) is 2.51. The van der Waals surface area contributed by atoms with E-state index in [1.807, 2.05) is 12.1 Å². The fraction of sp³-hybridized carbons (Fsp3) is 0.462. The minimum Gasteiger partial charge on any atom is -0.322 e. The van der Waals surface area contributed by atoms with Crippen LogP contribution < -0.4 is 0 Å². The van der Waals surface area contributed by atoms with E-state index in [0.717, 1.165) is 12.1 Å². The third-order valence-corrected chi connectivity index (χ3v) is 3.16. The van der Waals surface area contributed by atoms with E-state index in [9.17, 15) is 0 Å². The number of likely N-dealkylation sites (tertiary alicyclic amines) is 1. The predicted molar refractivity (Wildman–Crippen MR) is 58.7 cm³/mol. The van der Waals surface area contributed by atoms with Gasteiger partial charge < -0.3 is 4.48 Å². The van der Waals surface area contributed by atoms with E-state index in [4.69, 9.17) is 6.92 Å². The summed E-state index contributed by atoms with van der Waals surface area (Å²) >= 11 is 0. The number of quaternary nitrogens is 1. The van der Waals surface area contributed by atoms with Crippen molar-refractivity contribution in [2.24, 2.45) is 0 Å². The fourth-order valence-corrected chi connectivity index (χ4v) is 2.39. The molecular formula is C13H18N+. The Labute approximate surface area is 86.9 Å². The first-order valence-corrected chi connectivity index (χ1v) is 5.36. The van der Waals surface area contributed by atoms with E-state index in [2.05, 4.69) is 19.2 Å². The first kappa shape index (κ1) is 9.72. The lowest BCUT2D eigenvalue weighted by molar-refractivity contribution is -0.910. The van der Waals surface area contributed by atoms with Crippen molar-refractivity contribution in [3.63, 3.8) is 0 Å². The molecule has 1 aromatic carbocycles. The van der Waals surface area contributed by atoms with E-state index in [1.165, 1.54) is 36.0 Å². The normalized spacial score (nSPS) is 19.9. The quantitative estimate of drug-likeness (QED) is 0.625. The lowest BCUT2D eigenvalue weighted by atomic mass is 10.1. The molecule has 1 heterocycles. The molecule has 1 aliphatic rings. The Balaban J connectivity index is 2.10. The van der Waals surface area contributed by atoms with Gasteiger partial charge in [0.15, 0.2) is 0 Å². The SMILES string of the molecule is [CH]c1cccc(C[N+]2(C)CCCC2)c1. The largest absolute Gasteiger partial charge is 0.322 e. The molecule has 14 heavy (non-hydrogen) atoms. The number of nitrogens with zero attached hydrogens (tertiary/aromatic N) is 1. The number of rotatable bonds is 2. The van der Waals surface area contributed by atoms with Crippen molar-refractivity contribution in [2.45, 2.75) is 19.4 Å². The smallest absolute Gasteiger partial charge is 0.104 e. The first-order chi connectivity index (χ1) is 6.68. The Hall–Kier alpha value is -0.820. The molecule has 2 radical (unpaired) electrons. The summed E-state index contributed by atoms with van der Waals surface area (Å²) < 4.78 is 1.18. The summed E-state index contributed by atoms with van der Waals surface area (Å²) in [7, 11) is 2.34. The van der Waals surface area contributed by atoms with Gasteiger partial charge in [-0.3, -0.25) is 0 Å². The van der Waals surface area contributed by atoms with Gasteiger partial charge >= 0.3 is 0 Å². The number of benzene rings is 1. The molecule has 0 N–H and O–H groups in total. The van der Waals surface area contributed by atoms with Crippen molar-refractivity contribution >= 4 is 0 Å². The molecule has 1 saturated heterocycles. The highest BCUT2D eigenvalue weighted by molar-refractivity contribution is 5.24. The Kier molecular flexibility index (Phi) is 2.60. The van der Waals surface area contributed by atoms with E-state index in [1.54, 1.807) is 0 Å². The van der Waals surface area contributed by atoms with Crippen LogP contribution in [0.5, 0.6) is 0 Å². The van der Waals surface area contributed by atoms with Crippen molar-refractivity contribution < 1.29 is 4.48 Å². The molecule has 74 valence electrons. The van der Waals surface area contributed by atoms with Crippen LogP contribution in [0.25, 0.3) is 0 Å². The van der Waals surface area contributed by atoms with Crippen LogP contribution >= 0.6 is 0 Å². The van der Waals surface area contributed by atoms with Gasteiger partial charge in [0.1, 0.15) is 6.54 Å². The second kappa shape index (κ2) is 3.74. The highest BCUT2D eigenvalue weighted by Gasteiger charge is 2.26. The van der Waals surface area contributed by atoms with Crippen LogP contribution in [-0.4, -0.2) is 24.6 Å². The van der Waals surface area contributed by atoms with Crippen LogP contribution in [0.15, 0.2) is 24.3 Å². The monoisotopic (exact) mass is 188 g/mol. The molecule has 1 nitrogen and oxygen atoms in total. The van der Waals surface area contributed by atoms with Crippen molar-refractivity contribution in [1.29, 1.82) is 0 Å². The molecule has 0 amide bonds. The molecule has 0 aromatic heterocycles. The third-order valence-electron chi connectivity index (χ3n) is 3.16. The lowest BCUT2D eigenvalue weighted by Crippen LogP contribution is -2.39. The molecule has 1 aliphatic heterocycles. The van der Waals surface area contributed by atoms with E-state index >= 15 is 0 Å². The fourth-order valence-electron chi connectivity index (χ4n) is 2.39. The standard InChI is InChI=1S/C13H18N/c1-12-6-5-7-13(10-12)11-14(2)8-3-4-9-14/h1,5-7,10H,3-4,8-9,11H2,2H3/q+1. The first-order valence-electron chi connectivity index (χ1n) is 5.36. The van der Waals surface area contributed by atoms with Crippen LogP contribution in [0.4, 0.5) is 0 Å². The lowest BCUT2D eigenvalue weighted by Gasteiger charge is -2.29. The maximum atomic E-state index is 5.77. The summed E-state index contributed by atoms with van der Waals surface area (Å²) in [4.78, 5) is 0. The Morgan fingerprint density at radius 3 is 2.64 bits per heavy atom. The highest BCUT2D eigenvalue weighted by Crippen LogP contribution is 2.20. The highest BCUT2D eigenvalue weighted by atomic mass is 15.3. The molecule has 0 saturated carbocycles. The van der Waals surface area contributed by atoms with Gasteiger partial charge in [-0.1, -0.05) is 18.2 Å². The minimum atomic E-state index is 0.883. The molecular weight excluding hydrogens is 170 g/mol. The zero-order chi connectivity index (χ0) is 10.0. The van der Waals surface area contributed by atoms with Crippen molar-refractivity contribution in [3.05, 3.63) is 42.3 Å². The van der Waals surface area contributed by atoms with Gasteiger partial charge in [0, 0.05) is 18.4 Å². The summed E-state index contributed by atoms with van der Waals surface area (Å²) in [5.74, 6) is 0. The maximum absolute atomic E-state index is 5.77. The van der Waals surface area contributed by atoms with Gasteiger partial charge in [-0.2, -0.15) is 0 Å². The Bertz CT molecular complexity index is 311. The molecule has 0 spiro atoms. The summed E-state index contributed by atoms with van der Waals surface area (Å²) in [6.07, 6.45) is 2.75. The van der Waals surface area contributed by atoms with Gasteiger partial charge in [-0.25, -0.2) is 0 Å². The molecule has 1 heteroatoms. The van der Waals surface area contributed by atoms with Crippen molar-refractivity contribution in [3.8, 4) is 0 Å². The Morgan fingerprint density at radius 2 is 2.00 bits per heavy atom. The molecule has 0 aliphatic carbocycles. The minimum absolute atomic E-state index is 0.883. The van der Waals surface area contributed by atoms with Gasteiger partial charge in [0.25, 0.3) is 0 Å². The Morgan fingerprint density at radius 1 is 1.29 bits per heavy atom. The van der Waals surface area contributed by atoms with E-state index < -0.39 is 0 Å². The van der Waals surface area contributed by atoms with Crippen molar-refractivity contribution in [2.75, 3.05) is 20.1 Å². The van der Waals surface area contributed by atoms with Crippen LogP contribution in [0.2, 0.25) is 0 Å². The van der Waals surface area contributed by atoms with Crippen LogP contribution in [0, 0.1) is 6.92 Å². The molecule has 0 unspecified atom stereocenters.